The van der Waals surface area contributed by atoms with Crippen LogP contribution in [0.1, 0.15) is 5.56 Å². The molecule has 1 N–H and O–H groups in total. The maximum Gasteiger partial charge on any atom is 0.120 e. The van der Waals surface area contributed by atoms with Gasteiger partial charge in [-0.3, -0.25) is 0 Å². The van der Waals surface area contributed by atoms with Gasteiger partial charge in [0, 0.05) is 18.3 Å². The Hall–Kier alpha value is -2.74. The molecule has 110 valence electrons. The summed E-state index contributed by atoms with van der Waals surface area (Å²) >= 11 is 0. The minimum Gasteiger partial charge on any atom is -0.497 e. The SMILES string of the molecule is COc1cccc(NCc2ccccc2-c2ccccc2)c1. The minimum absolute atomic E-state index is 0.776. The first kappa shape index (κ1) is 14.2. The van der Waals surface area contributed by atoms with Crippen molar-refractivity contribution in [3.63, 3.8) is 0 Å². The van der Waals surface area contributed by atoms with E-state index in [2.05, 4.69) is 53.8 Å². The highest BCUT2D eigenvalue weighted by Crippen LogP contribution is 2.24. The van der Waals surface area contributed by atoms with E-state index in [-0.39, 0.29) is 0 Å². The van der Waals surface area contributed by atoms with Crippen molar-refractivity contribution in [1.29, 1.82) is 0 Å². The molecule has 3 aromatic carbocycles. The van der Waals surface area contributed by atoms with Gasteiger partial charge in [-0.15, -0.1) is 0 Å². The molecule has 3 rings (SSSR count). The molecule has 0 saturated carbocycles. The van der Waals surface area contributed by atoms with Crippen molar-refractivity contribution < 1.29 is 4.74 Å². The van der Waals surface area contributed by atoms with Crippen LogP contribution in [-0.2, 0) is 6.54 Å². The van der Waals surface area contributed by atoms with Crippen molar-refractivity contribution in [1.82, 2.24) is 0 Å². The number of ether oxygens (including phenoxy) is 1. The number of hydrogen-bond donors (Lipinski definition) is 1. The predicted octanol–water partition coefficient (Wildman–Crippen LogP) is 4.97. The van der Waals surface area contributed by atoms with Crippen molar-refractivity contribution in [2.45, 2.75) is 6.54 Å². The Kier molecular flexibility index (Phi) is 4.40. The van der Waals surface area contributed by atoms with Gasteiger partial charge in [0.25, 0.3) is 0 Å². The average Bonchev–Trinajstić information content (AvgIpc) is 2.61. The first-order valence-corrected chi connectivity index (χ1v) is 7.38. The van der Waals surface area contributed by atoms with E-state index in [1.165, 1.54) is 16.7 Å². The summed E-state index contributed by atoms with van der Waals surface area (Å²) < 4.78 is 5.26. The molecule has 0 aliphatic heterocycles. The number of benzene rings is 3. The van der Waals surface area contributed by atoms with E-state index >= 15 is 0 Å². The number of rotatable bonds is 5. The van der Waals surface area contributed by atoms with Crippen LogP contribution in [-0.4, -0.2) is 7.11 Å². The fourth-order valence-electron chi connectivity index (χ4n) is 2.50. The van der Waals surface area contributed by atoms with Crippen LogP contribution in [0, 0.1) is 0 Å². The van der Waals surface area contributed by atoms with Gasteiger partial charge in [0.1, 0.15) is 5.75 Å². The molecular weight excluding hydrogens is 270 g/mol. The second-order valence-electron chi connectivity index (χ2n) is 5.11. The molecule has 0 heterocycles. The molecule has 0 radical (unpaired) electrons. The maximum absolute atomic E-state index is 5.26. The van der Waals surface area contributed by atoms with Crippen molar-refractivity contribution in [2.24, 2.45) is 0 Å². The molecule has 22 heavy (non-hydrogen) atoms. The summed E-state index contributed by atoms with van der Waals surface area (Å²) in [5, 5.41) is 3.47. The highest BCUT2D eigenvalue weighted by molar-refractivity contribution is 5.67. The van der Waals surface area contributed by atoms with E-state index in [9.17, 15) is 0 Å². The fourth-order valence-corrected chi connectivity index (χ4v) is 2.50. The summed E-state index contributed by atoms with van der Waals surface area (Å²) in [4.78, 5) is 0. The zero-order valence-electron chi connectivity index (χ0n) is 12.6. The van der Waals surface area contributed by atoms with Crippen molar-refractivity contribution >= 4 is 5.69 Å². The van der Waals surface area contributed by atoms with E-state index < -0.39 is 0 Å². The van der Waals surface area contributed by atoms with Crippen molar-refractivity contribution in [2.75, 3.05) is 12.4 Å². The summed E-state index contributed by atoms with van der Waals surface area (Å²) in [6.45, 7) is 0.776. The third kappa shape index (κ3) is 3.29. The molecule has 0 bridgehead atoms. The Morgan fingerprint density at radius 1 is 0.818 bits per heavy atom. The highest BCUT2D eigenvalue weighted by Gasteiger charge is 2.04. The molecule has 0 amide bonds. The molecule has 3 aromatic rings. The Labute approximate surface area is 131 Å². The summed E-state index contributed by atoms with van der Waals surface area (Å²) in [7, 11) is 1.68. The summed E-state index contributed by atoms with van der Waals surface area (Å²) in [6.07, 6.45) is 0. The van der Waals surface area contributed by atoms with Crippen molar-refractivity contribution in [3.8, 4) is 16.9 Å². The second kappa shape index (κ2) is 6.81. The summed E-state index contributed by atoms with van der Waals surface area (Å²) in [6, 6.07) is 26.9. The Balaban J connectivity index is 1.81. The van der Waals surface area contributed by atoms with Gasteiger partial charge < -0.3 is 10.1 Å². The average molecular weight is 289 g/mol. The number of methoxy groups -OCH3 is 1. The van der Waals surface area contributed by atoms with Gasteiger partial charge in [-0.05, 0) is 28.8 Å². The Morgan fingerprint density at radius 2 is 1.59 bits per heavy atom. The molecule has 0 aromatic heterocycles. The number of nitrogens with one attached hydrogen (secondary N) is 1. The lowest BCUT2D eigenvalue weighted by Crippen LogP contribution is -2.01. The van der Waals surface area contributed by atoms with Crippen LogP contribution in [0.15, 0.2) is 78.9 Å². The summed E-state index contributed by atoms with van der Waals surface area (Å²) in [5.41, 5.74) is 4.84. The number of hydrogen-bond acceptors (Lipinski definition) is 2. The van der Waals surface area contributed by atoms with Gasteiger partial charge >= 0.3 is 0 Å². The zero-order chi connectivity index (χ0) is 15.2. The second-order valence-corrected chi connectivity index (χ2v) is 5.11. The van der Waals surface area contributed by atoms with Crippen LogP contribution >= 0.6 is 0 Å². The molecule has 0 atom stereocenters. The lowest BCUT2D eigenvalue weighted by molar-refractivity contribution is 0.415. The standard InChI is InChI=1S/C20H19NO/c1-22-19-12-7-11-18(14-19)21-15-17-10-5-6-13-20(17)16-8-3-2-4-9-16/h2-14,21H,15H2,1H3. The van der Waals surface area contributed by atoms with Crippen LogP contribution < -0.4 is 10.1 Å². The van der Waals surface area contributed by atoms with Gasteiger partial charge in [0.05, 0.1) is 7.11 Å². The first-order valence-electron chi connectivity index (χ1n) is 7.38. The van der Waals surface area contributed by atoms with E-state index in [0.717, 1.165) is 18.0 Å². The van der Waals surface area contributed by atoms with Crippen LogP contribution in [0.25, 0.3) is 11.1 Å². The quantitative estimate of drug-likeness (QED) is 0.715. The topological polar surface area (TPSA) is 21.3 Å². The van der Waals surface area contributed by atoms with E-state index in [1.807, 2.05) is 30.3 Å². The van der Waals surface area contributed by atoms with E-state index in [1.54, 1.807) is 7.11 Å². The minimum atomic E-state index is 0.776. The largest absolute Gasteiger partial charge is 0.497 e. The van der Waals surface area contributed by atoms with Crippen molar-refractivity contribution in [3.05, 3.63) is 84.4 Å². The van der Waals surface area contributed by atoms with Gasteiger partial charge in [0.2, 0.25) is 0 Å². The van der Waals surface area contributed by atoms with Crippen LogP contribution in [0.2, 0.25) is 0 Å². The molecule has 0 unspecified atom stereocenters. The Morgan fingerprint density at radius 3 is 2.41 bits per heavy atom. The van der Waals surface area contributed by atoms with Crippen LogP contribution in [0.3, 0.4) is 0 Å². The maximum atomic E-state index is 5.26. The number of anilines is 1. The molecule has 0 spiro atoms. The molecular formula is C20H19NO. The normalized spacial score (nSPS) is 10.2. The molecule has 2 heteroatoms. The fraction of sp³-hybridized carbons (Fsp3) is 0.100. The van der Waals surface area contributed by atoms with Crippen LogP contribution in [0.4, 0.5) is 5.69 Å². The van der Waals surface area contributed by atoms with Gasteiger partial charge in [0.15, 0.2) is 0 Å². The lowest BCUT2D eigenvalue weighted by atomic mass is 10.00. The highest BCUT2D eigenvalue weighted by atomic mass is 16.5. The Bertz CT molecular complexity index is 737. The van der Waals surface area contributed by atoms with E-state index in [0.29, 0.717) is 0 Å². The zero-order valence-corrected chi connectivity index (χ0v) is 12.6. The third-order valence-corrected chi connectivity index (χ3v) is 3.65. The molecule has 0 aliphatic carbocycles. The molecule has 0 aliphatic rings. The first-order chi connectivity index (χ1) is 10.9. The van der Waals surface area contributed by atoms with Crippen LogP contribution in [0.5, 0.6) is 5.75 Å². The summed E-state index contributed by atoms with van der Waals surface area (Å²) in [5.74, 6) is 0.862. The van der Waals surface area contributed by atoms with Gasteiger partial charge in [-0.25, -0.2) is 0 Å². The molecule has 2 nitrogen and oxygen atoms in total. The van der Waals surface area contributed by atoms with E-state index in [4.69, 9.17) is 4.74 Å². The lowest BCUT2D eigenvalue weighted by Gasteiger charge is -2.12. The van der Waals surface area contributed by atoms with Gasteiger partial charge in [-0.1, -0.05) is 60.7 Å². The monoisotopic (exact) mass is 289 g/mol. The predicted molar refractivity (Wildman–Crippen MR) is 92.2 cm³/mol. The molecule has 0 fully saturated rings. The molecule has 0 saturated heterocycles. The van der Waals surface area contributed by atoms with Gasteiger partial charge in [-0.2, -0.15) is 0 Å². The third-order valence-electron chi connectivity index (χ3n) is 3.65. The smallest absolute Gasteiger partial charge is 0.120 e.